The van der Waals surface area contributed by atoms with Gasteiger partial charge in [-0.05, 0) is 49.6 Å². The van der Waals surface area contributed by atoms with Crippen LogP contribution >= 0.6 is 0 Å². The molecule has 0 bridgehead atoms. The van der Waals surface area contributed by atoms with E-state index < -0.39 is 5.82 Å². The number of hydrogen-bond acceptors (Lipinski definition) is 4. The summed E-state index contributed by atoms with van der Waals surface area (Å²) in [6.07, 6.45) is 1.82. The predicted octanol–water partition coefficient (Wildman–Crippen LogP) is 3.13. The number of halogens is 1. The maximum Gasteiger partial charge on any atom is 0.254 e. The molecule has 3 amide bonds. The maximum atomic E-state index is 13.9. The molecule has 0 aromatic heterocycles. The van der Waals surface area contributed by atoms with Gasteiger partial charge in [-0.3, -0.25) is 14.4 Å². The number of benzene rings is 2. The minimum atomic E-state index is -0.396. The second kappa shape index (κ2) is 11.3. The Morgan fingerprint density at radius 1 is 0.943 bits per heavy atom. The molecule has 1 unspecified atom stereocenters. The molecule has 7 nitrogen and oxygen atoms in total. The van der Waals surface area contributed by atoms with E-state index in [-0.39, 0.29) is 30.1 Å². The van der Waals surface area contributed by atoms with Crippen LogP contribution in [-0.4, -0.2) is 78.3 Å². The third-order valence-corrected chi connectivity index (χ3v) is 6.75. The highest BCUT2D eigenvalue weighted by atomic mass is 19.1. The minimum absolute atomic E-state index is 0.000762. The average Bonchev–Trinajstić information content (AvgIpc) is 2.90. The minimum Gasteiger partial charge on any atom is -0.493 e. The first-order valence-corrected chi connectivity index (χ1v) is 12.2. The fourth-order valence-corrected chi connectivity index (χ4v) is 4.63. The van der Waals surface area contributed by atoms with E-state index >= 15 is 0 Å². The molecule has 4 rings (SSSR count). The van der Waals surface area contributed by atoms with Gasteiger partial charge >= 0.3 is 0 Å². The second-order valence-corrected chi connectivity index (χ2v) is 9.17. The van der Waals surface area contributed by atoms with Crippen LogP contribution in [-0.2, 0) is 9.59 Å². The number of rotatable bonds is 6. The molecule has 0 spiro atoms. The number of piperazine rings is 1. The number of hydrogen-bond donors (Lipinski definition) is 0. The van der Waals surface area contributed by atoms with Gasteiger partial charge in [-0.2, -0.15) is 0 Å². The number of para-hydroxylation sites is 1. The molecular weight excluding hydrogens is 449 g/mol. The van der Waals surface area contributed by atoms with E-state index in [0.29, 0.717) is 57.0 Å². The van der Waals surface area contributed by atoms with Crippen LogP contribution in [0.15, 0.2) is 48.5 Å². The lowest BCUT2D eigenvalue weighted by Gasteiger charge is -2.39. The van der Waals surface area contributed by atoms with Gasteiger partial charge in [0.2, 0.25) is 11.8 Å². The molecule has 2 aliphatic heterocycles. The summed E-state index contributed by atoms with van der Waals surface area (Å²) >= 11 is 0. The summed E-state index contributed by atoms with van der Waals surface area (Å²) in [4.78, 5) is 43.8. The molecule has 0 aliphatic carbocycles. The summed E-state index contributed by atoms with van der Waals surface area (Å²) in [5.41, 5.74) is 0.825. The zero-order valence-corrected chi connectivity index (χ0v) is 20.1. The van der Waals surface area contributed by atoms with Gasteiger partial charge in [0.1, 0.15) is 11.6 Å². The van der Waals surface area contributed by atoms with Crippen molar-refractivity contribution < 1.29 is 23.5 Å². The second-order valence-electron chi connectivity index (χ2n) is 9.17. The molecule has 0 saturated carbocycles. The van der Waals surface area contributed by atoms with E-state index in [4.69, 9.17) is 4.74 Å². The predicted molar refractivity (Wildman–Crippen MR) is 129 cm³/mol. The van der Waals surface area contributed by atoms with Crippen LogP contribution in [0.3, 0.4) is 0 Å². The Morgan fingerprint density at radius 3 is 2.37 bits per heavy atom. The summed E-state index contributed by atoms with van der Waals surface area (Å²) in [5, 5.41) is 0. The SMILES string of the molecule is Cc1ccc(C(=O)N2CCN(C(=O)C3CCCN(C(=O)CCOc4ccccc4)C3)CC2)cc1F. The quantitative estimate of drug-likeness (QED) is 0.636. The molecule has 2 fully saturated rings. The zero-order valence-electron chi connectivity index (χ0n) is 20.1. The first-order chi connectivity index (χ1) is 16.9. The number of piperidine rings is 1. The van der Waals surface area contributed by atoms with Crippen molar-refractivity contribution in [2.24, 2.45) is 5.92 Å². The highest BCUT2D eigenvalue weighted by molar-refractivity contribution is 5.94. The van der Waals surface area contributed by atoms with E-state index in [0.717, 1.165) is 18.6 Å². The Labute approximate surface area is 205 Å². The molecule has 0 N–H and O–H groups in total. The molecular formula is C27H32FN3O4. The number of carbonyl (C=O) groups is 3. The fraction of sp³-hybridized carbons (Fsp3) is 0.444. The molecule has 2 saturated heterocycles. The van der Waals surface area contributed by atoms with Crippen molar-refractivity contribution in [3.05, 3.63) is 65.5 Å². The highest BCUT2D eigenvalue weighted by Gasteiger charge is 2.33. The Balaban J connectivity index is 1.24. The van der Waals surface area contributed by atoms with Crippen molar-refractivity contribution in [3.8, 4) is 5.75 Å². The van der Waals surface area contributed by atoms with E-state index in [1.54, 1.807) is 33.8 Å². The average molecular weight is 482 g/mol. The van der Waals surface area contributed by atoms with Gasteiger partial charge in [0.25, 0.3) is 5.91 Å². The van der Waals surface area contributed by atoms with Crippen molar-refractivity contribution in [2.75, 3.05) is 45.9 Å². The molecule has 0 radical (unpaired) electrons. The van der Waals surface area contributed by atoms with E-state index in [2.05, 4.69) is 0 Å². The number of ether oxygens (including phenoxy) is 1. The molecule has 2 aromatic carbocycles. The molecule has 8 heteroatoms. The first kappa shape index (κ1) is 24.7. The van der Waals surface area contributed by atoms with E-state index in [1.165, 1.54) is 6.07 Å². The van der Waals surface area contributed by atoms with Gasteiger partial charge < -0.3 is 19.4 Å². The van der Waals surface area contributed by atoms with Gasteiger partial charge in [0.05, 0.1) is 18.9 Å². The van der Waals surface area contributed by atoms with Gasteiger partial charge in [0.15, 0.2) is 0 Å². The van der Waals surface area contributed by atoms with E-state index in [1.807, 2.05) is 30.3 Å². The van der Waals surface area contributed by atoms with Crippen molar-refractivity contribution >= 4 is 17.7 Å². The zero-order chi connectivity index (χ0) is 24.8. The first-order valence-electron chi connectivity index (χ1n) is 12.2. The van der Waals surface area contributed by atoms with Crippen molar-refractivity contribution in [1.82, 2.24) is 14.7 Å². The fourth-order valence-electron chi connectivity index (χ4n) is 4.63. The summed E-state index contributed by atoms with van der Waals surface area (Å²) in [6.45, 7) is 4.74. The van der Waals surface area contributed by atoms with Crippen molar-refractivity contribution in [2.45, 2.75) is 26.2 Å². The number of carbonyl (C=O) groups excluding carboxylic acids is 3. The number of amides is 3. The Bertz CT molecular complexity index is 1050. The number of aryl methyl sites for hydroxylation is 1. The highest BCUT2D eigenvalue weighted by Crippen LogP contribution is 2.21. The lowest BCUT2D eigenvalue weighted by molar-refractivity contribution is -0.142. The van der Waals surface area contributed by atoms with Gasteiger partial charge in [0, 0.05) is 44.8 Å². The van der Waals surface area contributed by atoms with E-state index in [9.17, 15) is 18.8 Å². The van der Waals surface area contributed by atoms with Crippen LogP contribution < -0.4 is 4.74 Å². The number of likely N-dealkylation sites (tertiary alicyclic amines) is 1. The molecule has 1 atom stereocenters. The molecule has 2 aromatic rings. The molecule has 186 valence electrons. The monoisotopic (exact) mass is 481 g/mol. The van der Waals surface area contributed by atoms with Gasteiger partial charge in [-0.25, -0.2) is 4.39 Å². The lowest BCUT2D eigenvalue weighted by Crippen LogP contribution is -2.54. The Morgan fingerprint density at radius 2 is 1.66 bits per heavy atom. The third-order valence-electron chi connectivity index (χ3n) is 6.75. The van der Waals surface area contributed by atoms with Gasteiger partial charge in [-0.15, -0.1) is 0 Å². The third kappa shape index (κ3) is 6.18. The Kier molecular flexibility index (Phi) is 8.00. The number of nitrogens with zero attached hydrogens (tertiary/aromatic N) is 3. The van der Waals surface area contributed by atoms with Crippen LogP contribution in [0.2, 0.25) is 0 Å². The molecule has 35 heavy (non-hydrogen) atoms. The smallest absolute Gasteiger partial charge is 0.254 e. The topological polar surface area (TPSA) is 70.2 Å². The summed E-state index contributed by atoms with van der Waals surface area (Å²) in [6, 6.07) is 13.9. The Hall–Kier alpha value is -3.42. The normalized spacial score (nSPS) is 18.3. The van der Waals surface area contributed by atoms with Crippen LogP contribution in [0, 0.1) is 18.7 Å². The summed E-state index contributed by atoms with van der Waals surface area (Å²) in [5.74, 6) is -0.0696. The van der Waals surface area contributed by atoms with Crippen molar-refractivity contribution in [1.29, 1.82) is 0 Å². The van der Waals surface area contributed by atoms with Crippen LogP contribution in [0.25, 0.3) is 0 Å². The van der Waals surface area contributed by atoms with Crippen LogP contribution in [0.1, 0.15) is 35.2 Å². The van der Waals surface area contributed by atoms with Crippen LogP contribution in [0.4, 0.5) is 4.39 Å². The molecule has 2 heterocycles. The van der Waals surface area contributed by atoms with Gasteiger partial charge in [-0.1, -0.05) is 24.3 Å². The van der Waals surface area contributed by atoms with Crippen molar-refractivity contribution in [3.63, 3.8) is 0 Å². The standard InChI is InChI=1S/C27H32FN3O4/c1-20-9-10-21(18-24(20)28)26(33)29-13-15-30(16-14-29)27(34)22-6-5-12-31(19-22)25(32)11-17-35-23-7-3-2-4-8-23/h2-4,7-10,18,22H,5-6,11-17,19H2,1H3. The maximum absolute atomic E-state index is 13.9. The largest absolute Gasteiger partial charge is 0.493 e. The summed E-state index contributed by atoms with van der Waals surface area (Å²) in [7, 11) is 0. The lowest BCUT2D eigenvalue weighted by atomic mass is 9.96. The summed E-state index contributed by atoms with van der Waals surface area (Å²) < 4.78 is 19.5. The van der Waals surface area contributed by atoms with Crippen LogP contribution in [0.5, 0.6) is 5.75 Å². The molecule has 2 aliphatic rings.